The normalized spacial score (nSPS) is 11.6. The smallest absolute Gasteiger partial charge is 0.201 e. The summed E-state index contributed by atoms with van der Waals surface area (Å²) < 4.78 is 2.21. The van der Waals surface area contributed by atoms with Crippen LogP contribution in [0.15, 0.2) is 60.8 Å². The van der Waals surface area contributed by atoms with Gasteiger partial charge in [-0.05, 0) is 53.1 Å². The highest BCUT2D eigenvalue weighted by Gasteiger charge is 2.23. The average Bonchev–Trinajstić information content (AvgIpc) is 2.57. The largest absolute Gasteiger partial charge is 0.212 e. The molecular formula is C24H28N+. The van der Waals surface area contributed by atoms with Gasteiger partial charge in [-0.3, -0.25) is 0 Å². The van der Waals surface area contributed by atoms with Gasteiger partial charge in [0.1, 0.15) is 7.05 Å². The van der Waals surface area contributed by atoms with Crippen LogP contribution in [-0.2, 0) is 12.5 Å². The van der Waals surface area contributed by atoms with E-state index in [2.05, 4.69) is 107 Å². The molecule has 0 unspecified atom stereocenters. The number of hydrogen-bond donors (Lipinski definition) is 0. The topological polar surface area (TPSA) is 3.88 Å². The summed E-state index contributed by atoms with van der Waals surface area (Å²) in [7, 11) is 2.12. The SMILES string of the molecule is Cc1cc[n+](C)c(-c2cc(C(C)(C)C)c(-c3ccccc3)cc2C)c1. The maximum Gasteiger partial charge on any atom is 0.212 e. The van der Waals surface area contributed by atoms with Crippen LogP contribution in [0.25, 0.3) is 22.4 Å². The zero-order chi connectivity index (χ0) is 18.2. The quantitative estimate of drug-likeness (QED) is 0.526. The molecule has 0 amide bonds. The molecule has 0 atom stereocenters. The third-order valence-corrected chi connectivity index (χ3v) is 4.84. The van der Waals surface area contributed by atoms with Crippen molar-refractivity contribution in [3.05, 3.63) is 77.5 Å². The number of aromatic nitrogens is 1. The van der Waals surface area contributed by atoms with Crippen LogP contribution in [0.5, 0.6) is 0 Å². The van der Waals surface area contributed by atoms with Crippen LogP contribution in [0.1, 0.15) is 37.5 Å². The maximum absolute atomic E-state index is 2.40. The molecule has 1 aromatic heterocycles. The second-order valence-electron chi connectivity index (χ2n) is 8.03. The van der Waals surface area contributed by atoms with Gasteiger partial charge >= 0.3 is 0 Å². The van der Waals surface area contributed by atoms with Crippen LogP contribution in [0.2, 0.25) is 0 Å². The van der Waals surface area contributed by atoms with E-state index in [-0.39, 0.29) is 5.41 Å². The fourth-order valence-corrected chi connectivity index (χ4v) is 3.40. The van der Waals surface area contributed by atoms with Crippen molar-refractivity contribution in [2.24, 2.45) is 7.05 Å². The molecule has 0 saturated heterocycles. The van der Waals surface area contributed by atoms with E-state index in [1.165, 1.54) is 39.1 Å². The first-order valence-corrected chi connectivity index (χ1v) is 8.94. The van der Waals surface area contributed by atoms with E-state index >= 15 is 0 Å². The minimum absolute atomic E-state index is 0.0794. The number of pyridine rings is 1. The highest BCUT2D eigenvalue weighted by atomic mass is 14.9. The molecule has 2 aromatic carbocycles. The van der Waals surface area contributed by atoms with Gasteiger partial charge in [-0.2, -0.15) is 0 Å². The molecular weight excluding hydrogens is 302 g/mol. The molecule has 1 heteroatoms. The summed E-state index contributed by atoms with van der Waals surface area (Å²) in [5.41, 5.74) is 9.28. The van der Waals surface area contributed by atoms with Crippen molar-refractivity contribution < 1.29 is 4.57 Å². The fraction of sp³-hybridized carbons (Fsp3) is 0.292. The highest BCUT2D eigenvalue weighted by Crippen LogP contribution is 2.37. The summed E-state index contributed by atoms with van der Waals surface area (Å²) in [5, 5.41) is 0. The van der Waals surface area contributed by atoms with Gasteiger partial charge in [0, 0.05) is 17.7 Å². The van der Waals surface area contributed by atoms with E-state index in [0.29, 0.717) is 0 Å². The molecule has 0 N–H and O–H groups in total. The first kappa shape index (κ1) is 17.4. The number of nitrogens with zero attached hydrogens (tertiary/aromatic N) is 1. The minimum Gasteiger partial charge on any atom is -0.201 e. The molecule has 1 nitrogen and oxygen atoms in total. The van der Waals surface area contributed by atoms with E-state index < -0.39 is 0 Å². The van der Waals surface area contributed by atoms with Crippen LogP contribution in [0.4, 0.5) is 0 Å². The summed E-state index contributed by atoms with van der Waals surface area (Å²) >= 11 is 0. The Labute approximate surface area is 152 Å². The summed E-state index contributed by atoms with van der Waals surface area (Å²) in [6, 6.07) is 19.9. The number of hydrogen-bond acceptors (Lipinski definition) is 0. The second-order valence-corrected chi connectivity index (χ2v) is 8.03. The van der Waals surface area contributed by atoms with E-state index in [0.717, 1.165) is 0 Å². The Morgan fingerprint density at radius 1 is 0.800 bits per heavy atom. The van der Waals surface area contributed by atoms with Gasteiger partial charge in [-0.1, -0.05) is 57.2 Å². The molecule has 0 spiro atoms. The predicted octanol–water partition coefficient (Wildman–Crippen LogP) is 5.76. The Kier molecular flexibility index (Phi) is 4.51. The van der Waals surface area contributed by atoms with Crippen LogP contribution >= 0.6 is 0 Å². The lowest BCUT2D eigenvalue weighted by atomic mass is 9.79. The number of aryl methyl sites for hydroxylation is 3. The lowest BCUT2D eigenvalue weighted by molar-refractivity contribution is -0.660. The molecule has 0 aliphatic heterocycles. The van der Waals surface area contributed by atoms with Gasteiger partial charge in [0.2, 0.25) is 5.69 Å². The maximum atomic E-state index is 2.40. The molecule has 0 aliphatic rings. The Hall–Kier alpha value is -2.41. The lowest BCUT2D eigenvalue weighted by Gasteiger charge is -2.25. The molecule has 0 saturated carbocycles. The van der Waals surface area contributed by atoms with Crippen LogP contribution in [-0.4, -0.2) is 0 Å². The highest BCUT2D eigenvalue weighted by molar-refractivity contribution is 5.75. The Bertz CT molecular complexity index is 899. The second kappa shape index (κ2) is 6.48. The van der Waals surface area contributed by atoms with Gasteiger partial charge in [0.25, 0.3) is 0 Å². The Morgan fingerprint density at radius 2 is 1.48 bits per heavy atom. The molecule has 128 valence electrons. The molecule has 25 heavy (non-hydrogen) atoms. The molecule has 0 bridgehead atoms. The molecule has 0 radical (unpaired) electrons. The van der Waals surface area contributed by atoms with Crippen LogP contribution in [0.3, 0.4) is 0 Å². The molecule has 3 rings (SSSR count). The van der Waals surface area contributed by atoms with Crippen molar-refractivity contribution in [2.45, 2.75) is 40.0 Å². The van der Waals surface area contributed by atoms with Crippen molar-refractivity contribution >= 4 is 0 Å². The van der Waals surface area contributed by atoms with Gasteiger partial charge < -0.3 is 0 Å². The van der Waals surface area contributed by atoms with Crippen molar-refractivity contribution in [2.75, 3.05) is 0 Å². The zero-order valence-electron chi connectivity index (χ0n) is 16.2. The van der Waals surface area contributed by atoms with Crippen molar-refractivity contribution in [1.29, 1.82) is 0 Å². The standard InChI is InChI=1S/C24H28N/c1-17-12-13-25(6)23(14-17)20-16-22(24(3,4)5)21(15-18(20)2)19-10-8-7-9-11-19/h7-16H,1-6H3/q+1. The summed E-state index contributed by atoms with van der Waals surface area (Å²) in [6.07, 6.45) is 2.14. The van der Waals surface area contributed by atoms with Crippen molar-refractivity contribution in [1.82, 2.24) is 0 Å². The molecule has 1 heterocycles. The minimum atomic E-state index is 0.0794. The summed E-state index contributed by atoms with van der Waals surface area (Å²) in [4.78, 5) is 0. The van der Waals surface area contributed by atoms with Crippen molar-refractivity contribution in [3.8, 4) is 22.4 Å². The average molecular weight is 330 g/mol. The predicted molar refractivity (Wildman–Crippen MR) is 107 cm³/mol. The van der Waals surface area contributed by atoms with E-state index in [1.54, 1.807) is 0 Å². The van der Waals surface area contributed by atoms with Gasteiger partial charge in [-0.25, -0.2) is 4.57 Å². The third-order valence-electron chi connectivity index (χ3n) is 4.84. The first-order valence-electron chi connectivity index (χ1n) is 8.94. The molecule has 3 aromatic rings. The molecule has 0 aliphatic carbocycles. The zero-order valence-corrected chi connectivity index (χ0v) is 16.2. The summed E-state index contributed by atoms with van der Waals surface area (Å²) in [5.74, 6) is 0. The lowest BCUT2D eigenvalue weighted by Crippen LogP contribution is -2.30. The van der Waals surface area contributed by atoms with Gasteiger partial charge in [0.15, 0.2) is 6.20 Å². The van der Waals surface area contributed by atoms with E-state index in [9.17, 15) is 0 Å². The van der Waals surface area contributed by atoms with E-state index in [4.69, 9.17) is 0 Å². The van der Waals surface area contributed by atoms with Crippen LogP contribution < -0.4 is 4.57 Å². The van der Waals surface area contributed by atoms with Crippen molar-refractivity contribution in [3.63, 3.8) is 0 Å². The molecule has 0 fully saturated rings. The number of benzene rings is 2. The Balaban J connectivity index is 2.29. The number of rotatable bonds is 2. The third kappa shape index (κ3) is 3.51. The van der Waals surface area contributed by atoms with Gasteiger partial charge in [0.05, 0.1) is 0 Å². The summed E-state index contributed by atoms with van der Waals surface area (Å²) in [6.45, 7) is 11.3. The monoisotopic (exact) mass is 330 g/mol. The Morgan fingerprint density at radius 3 is 2.12 bits per heavy atom. The van der Waals surface area contributed by atoms with Crippen LogP contribution in [0, 0.1) is 13.8 Å². The fourth-order valence-electron chi connectivity index (χ4n) is 3.40. The first-order chi connectivity index (χ1) is 11.8. The van der Waals surface area contributed by atoms with E-state index in [1.807, 2.05) is 0 Å². The van der Waals surface area contributed by atoms with Gasteiger partial charge in [-0.15, -0.1) is 0 Å².